The van der Waals surface area contributed by atoms with Crippen LogP contribution in [0.3, 0.4) is 0 Å². The summed E-state index contributed by atoms with van der Waals surface area (Å²) in [6.07, 6.45) is 0. The van der Waals surface area contributed by atoms with Crippen LogP contribution in [0.15, 0.2) is 48.5 Å². The third-order valence-electron chi connectivity index (χ3n) is 5.45. The van der Waals surface area contributed by atoms with Crippen molar-refractivity contribution >= 4 is 11.8 Å². The van der Waals surface area contributed by atoms with E-state index in [-0.39, 0.29) is 23.7 Å². The average Bonchev–Trinajstić information content (AvgIpc) is 3.19. The van der Waals surface area contributed by atoms with Gasteiger partial charge in [-0.05, 0) is 36.2 Å². The zero-order chi connectivity index (χ0) is 20.8. The standard InChI is InChI=1S/C23H28N2O4/c1-16-7-4-5-10-19(16)20-14-25(15-21(20)22(26)24-11-12-28-2)23(27)17-8-6-9-18(13-17)29-3/h4-10,13,20-21H,11-12,14-15H2,1-3H3,(H,24,26). The number of likely N-dealkylation sites (tertiary alicyclic amines) is 1. The normalized spacial score (nSPS) is 18.5. The number of benzene rings is 2. The van der Waals surface area contributed by atoms with E-state index in [4.69, 9.17) is 9.47 Å². The van der Waals surface area contributed by atoms with Gasteiger partial charge in [-0.1, -0.05) is 30.3 Å². The van der Waals surface area contributed by atoms with Gasteiger partial charge in [0, 0.05) is 38.2 Å². The highest BCUT2D eigenvalue weighted by atomic mass is 16.5. The van der Waals surface area contributed by atoms with E-state index in [1.165, 1.54) is 0 Å². The van der Waals surface area contributed by atoms with Crippen molar-refractivity contribution < 1.29 is 19.1 Å². The third kappa shape index (κ3) is 4.77. The van der Waals surface area contributed by atoms with Gasteiger partial charge >= 0.3 is 0 Å². The number of rotatable bonds is 7. The molecule has 6 nitrogen and oxygen atoms in total. The molecule has 154 valence electrons. The van der Waals surface area contributed by atoms with E-state index in [1.807, 2.05) is 31.2 Å². The first-order valence-electron chi connectivity index (χ1n) is 9.80. The van der Waals surface area contributed by atoms with Crippen molar-refractivity contribution in [3.63, 3.8) is 0 Å². The number of nitrogens with zero attached hydrogens (tertiary/aromatic N) is 1. The van der Waals surface area contributed by atoms with Gasteiger partial charge < -0.3 is 19.7 Å². The fraction of sp³-hybridized carbons (Fsp3) is 0.391. The maximum absolute atomic E-state index is 13.1. The van der Waals surface area contributed by atoms with Crippen molar-refractivity contribution in [2.24, 2.45) is 5.92 Å². The highest BCUT2D eigenvalue weighted by molar-refractivity contribution is 5.95. The number of hydrogen-bond acceptors (Lipinski definition) is 4. The molecular weight excluding hydrogens is 368 g/mol. The molecule has 0 radical (unpaired) electrons. The first-order chi connectivity index (χ1) is 14.0. The molecule has 1 saturated heterocycles. The van der Waals surface area contributed by atoms with Crippen molar-refractivity contribution in [2.45, 2.75) is 12.8 Å². The van der Waals surface area contributed by atoms with Gasteiger partial charge in [-0.25, -0.2) is 0 Å². The molecule has 29 heavy (non-hydrogen) atoms. The van der Waals surface area contributed by atoms with Crippen molar-refractivity contribution in [3.05, 3.63) is 65.2 Å². The molecular formula is C23H28N2O4. The summed E-state index contributed by atoms with van der Waals surface area (Å²) < 4.78 is 10.3. The summed E-state index contributed by atoms with van der Waals surface area (Å²) in [6, 6.07) is 15.2. The molecule has 0 spiro atoms. The van der Waals surface area contributed by atoms with Crippen LogP contribution in [-0.2, 0) is 9.53 Å². The smallest absolute Gasteiger partial charge is 0.254 e. The van der Waals surface area contributed by atoms with E-state index in [2.05, 4.69) is 11.4 Å². The van der Waals surface area contributed by atoms with Crippen LogP contribution in [0, 0.1) is 12.8 Å². The summed E-state index contributed by atoms with van der Waals surface area (Å²) in [4.78, 5) is 27.8. The first kappa shape index (κ1) is 20.9. The Hall–Kier alpha value is -2.86. The summed E-state index contributed by atoms with van der Waals surface area (Å²) in [5, 5.41) is 2.94. The molecule has 0 saturated carbocycles. The number of nitrogens with one attached hydrogen (secondary N) is 1. The first-order valence-corrected chi connectivity index (χ1v) is 9.80. The molecule has 2 amide bonds. The SMILES string of the molecule is COCCNC(=O)C1CN(C(=O)c2cccc(OC)c2)CC1c1ccccc1C. The van der Waals surface area contributed by atoms with Crippen LogP contribution in [0.1, 0.15) is 27.4 Å². The molecule has 1 N–H and O–H groups in total. The third-order valence-corrected chi connectivity index (χ3v) is 5.45. The fourth-order valence-corrected chi connectivity index (χ4v) is 3.90. The number of amides is 2. The number of aryl methyl sites for hydroxylation is 1. The molecule has 1 fully saturated rings. The maximum atomic E-state index is 13.1. The Labute approximate surface area is 171 Å². The molecule has 0 aliphatic carbocycles. The van der Waals surface area contributed by atoms with E-state index in [9.17, 15) is 9.59 Å². The summed E-state index contributed by atoms with van der Waals surface area (Å²) in [5.41, 5.74) is 2.80. The Bertz CT molecular complexity index is 867. The van der Waals surface area contributed by atoms with Crippen molar-refractivity contribution in [1.29, 1.82) is 0 Å². The average molecular weight is 396 g/mol. The van der Waals surface area contributed by atoms with Crippen LogP contribution in [-0.4, -0.2) is 57.2 Å². The van der Waals surface area contributed by atoms with Crippen molar-refractivity contribution in [2.75, 3.05) is 40.5 Å². The molecule has 1 aliphatic heterocycles. The van der Waals surface area contributed by atoms with Crippen LogP contribution >= 0.6 is 0 Å². The Kier molecular flexibility index (Phi) is 6.88. The molecule has 0 bridgehead atoms. The molecule has 1 aliphatic rings. The molecule has 2 aromatic carbocycles. The Morgan fingerprint density at radius 3 is 2.62 bits per heavy atom. The highest BCUT2D eigenvalue weighted by Crippen LogP contribution is 2.35. The predicted molar refractivity (Wildman–Crippen MR) is 111 cm³/mol. The summed E-state index contributed by atoms with van der Waals surface area (Å²) >= 11 is 0. The lowest BCUT2D eigenvalue weighted by Gasteiger charge is -2.19. The lowest BCUT2D eigenvalue weighted by molar-refractivity contribution is -0.125. The minimum absolute atomic E-state index is 0.0451. The number of hydrogen-bond donors (Lipinski definition) is 1. The molecule has 2 atom stereocenters. The maximum Gasteiger partial charge on any atom is 0.254 e. The van der Waals surface area contributed by atoms with Gasteiger partial charge in [0.05, 0.1) is 19.6 Å². The summed E-state index contributed by atoms with van der Waals surface area (Å²) in [7, 11) is 3.18. The van der Waals surface area contributed by atoms with E-state index in [0.29, 0.717) is 37.6 Å². The second-order valence-corrected chi connectivity index (χ2v) is 7.30. The second kappa shape index (κ2) is 9.56. The van der Waals surface area contributed by atoms with Crippen LogP contribution in [0.25, 0.3) is 0 Å². The van der Waals surface area contributed by atoms with Crippen molar-refractivity contribution in [1.82, 2.24) is 10.2 Å². The Balaban J connectivity index is 1.84. The monoisotopic (exact) mass is 396 g/mol. The summed E-state index contributed by atoms with van der Waals surface area (Å²) in [6.45, 7) is 3.84. The number of carbonyl (C=O) groups excluding carboxylic acids is 2. The van der Waals surface area contributed by atoms with Crippen molar-refractivity contribution in [3.8, 4) is 5.75 Å². The van der Waals surface area contributed by atoms with Gasteiger partial charge in [-0.2, -0.15) is 0 Å². The van der Waals surface area contributed by atoms with Crippen LogP contribution in [0.2, 0.25) is 0 Å². The second-order valence-electron chi connectivity index (χ2n) is 7.30. The molecule has 0 aromatic heterocycles. The number of methoxy groups -OCH3 is 2. The number of ether oxygens (including phenoxy) is 2. The van der Waals surface area contributed by atoms with Gasteiger partial charge in [0.25, 0.3) is 5.91 Å². The van der Waals surface area contributed by atoms with Gasteiger partial charge in [-0.3, -0.25) is 9.59 Å². The minimum Gasteiger partial charge on any atom is -0.497 e. The predicted octanol–water partition coefficient (Wildman–Crippen LogP) is 2.62. The van der Waals surface area contributed by atoms with Gasteiger partial charge in [0.2, 0.25) is 5.91 Å². The van der Waals surface area contributed by atoms with Crippen LogP contribution in [0.5, 0.6) is 5.75 Å². The topological polar surface area (TPSA) is 67.9 Å². The Morgan fingerprint density at radius 2 is 1.90 bits per heavy atom. The van der Waals surface area contributed by atoms with Gasteiger partial charge in [-0.15, -0.1) is 0 Å². The lowest BCUT2D eigenvalue weighted by Crippen LogP contribution is -2.37. The van der Waals surface area contributed by atoms with E-state index in [0.717, 1.165) is 11.1 Å². The number of carbonyl (C=O) groups is 2. The molecule has 2 unspecified atom stereocenters. The van der Waals surface area contributed by atoms with Crippen LogP contribution < -0.4 is 10.1 Å². The fourth-order valence-electron chi connectivity index (χ4n) is 3.90. The zero-order valence-electron chi connectivity index (χ0n) is 17.2. The van der Waals surface area contributed by atoms with E-state index >= 15 is 0 Å². The Morgan fingerprint density at radius 1 is 1.10 bits per heavy atom. The molecule has 6 heteroatoms. The molecule has 3 rings (SSSR count). The van der Waals surface area contributed by atoms with E-state index in [1.54, 1.807) is 37.3 Å². The quantitative estimate of drug-likeness (QED) is 0.731. The van der Waals surface area contributed by atoms with Crippen LogP contribution in [0.4, 0.5) is 0 Å². The van der Waals surface area contributed by atoms with E-state index < -0.39 is 0 Å². The molecule has 2 aromatic rings. The molecule has 1 heterocycles. The van der Waals surface area contributed by atoms with Gasteiger partial charge in [0.1, 0.15) is 5.75 Å². The largest absolute Gasteiger partial charge is 0.497 e. The minimum atomic E-state index is -0.303. The highest BCUT2D eigenvalue weighted by Gasteiger charge is 2.41. The zero-order valence-corrected chi connectivity index (χ0v) is 17.2. The van der Waals surface area contributed by atoms with Gasteiger partial charge in [0.15, 0.2) is 0 Å². The summed E-state index contributed by atoms with van der Waals surface area (Å²) in [5.74, 6) is 0.154. The lowest BCUT2D eigenvalue weighted by atomic mass is 9.86.